The van der Waals surface area contributed by atoms with Gasteiger partial charge in [0.1, 0.15) is 0 Å². The van der Waals surface area contributed by atoms with Gasteiger partial charge in [0.05, 0.1) is 12.5 Å². The van der Waals surface area contributed by atoms with E-state index in [0.717, 1.165) is 6.54 Å². The summed E-state index contributed by atoms with van der Waals surface area (Å²) in [6.07, 6.45) is 4.59. The molecule has 1 aromatic rings. The van der Waals surface area contributed by atoms with Crippen LogP contribution in [0.15, 0.2) is 24.5 Å². The van der Waals surface area contributed by atoms with Crippen molar-refractivity contribution in [3.63, 3.8) is 0 Å². The molecule has 0 saturated carbocycles. The Kier molecular flexibility index (Phi) is 2.62. The minimum atomic E-state index is 0.578. The Morgan fingerprint density at radius 3 is 3.09 bits per heavy atom. The average molecular weight is 147 g/mol. The first-order valence-electron chi connectivity index (χ1n) is 3.65. The quantitative estimate of drug-likeness (QED) is 0.577. The first-order valence-corrected chi connectivity index (χ1v) is 3.65. The maximum absolute atomic E-state index is 8.33. The summed E-state index contributed by atoms with van der Waals surface area (Å²) in [5, 5.41) is 8.33. The largest absolute Gasteiger partial charge is 0.204 e. The predicted molar refractivity (Wildman–Crippen MR) is 41.6 cm³/mol. The van der Waals surface area contributed by atoms with Crippen molar-refractivity contribution in [1.29, 1.82) is 5.26 Å². The molecule has 0 radical (unpaired) electrons. The lowest BCUT2D eigenvalue weighted by Gasteiger charge is -1.92. The lowest BCUT2D eigenvalue weighted by atomic mass is 10.3. The van der Waals surface area contributed by atoms with E-state index in [-0.39, 0.29) is 0 Å². The highest BCUT2D eigenvalue weighted by atomic mass is 14.9. The molecule has 0 fully saturated rings. The third-order valence-electron chi connectivity index (χ3n) is 1.49. The smallest absolute Gasteiger partial charge is 0.171 e. The Bertz CT molecular complexity index is 273. The van der Waals surface area contributed by atoms with E-state index in [2.05, 4.69) is 6.07 Å². The third kappa shape index (κ3) is 2.38. The van der Waals surface area contributed by atoms with Crippen LogP contribution in [-0.4, -0.2) is 0 Å². The van der Waals surface area contributed by atoms with Crippen molar-refractivity contribution >= 4 is 0 Å². The van der Waals surface area contributed by atoms with Gasteiger partial charge < -0.3 is 0 Å². The zero-order chi connectivity index (χ0) is 8.10. The zero-order valence-electron chi connectivity index (χ0n) is 6.62. The fraction of sp³-hybridized carbons (Fsp3) is 0.333. The molecule has 0 amide bonds. The molecule has 2 heteroatoms. The van der Waals surface area contributed by atoms with E-state index in [1.54, 1.807) is 0 Å². The number of hydrogen-bond donors (Lipinski definition) is 0. The Morgan fingerprint density at radius 2 is 2.45 bits per heavy atom. The fourth-order valence-corrected chi connectivity index (χ4v) is 0.971. The van der Waals surface area contributed by atoms with Crippen molar-refractivity contribution in [2.45, 2.75) is 19.9 Å². The van der Waals surface area contributed by atoms with Gasteiger partial charge in [-0.3, -0.25) is 0 Å². The van der Waals surface area contributed by atoms with Gasteiger partial charge in [-0.25, -0.2) is 4.57 Å². The second-order valence-electron chi connectivity index (χ2n) is 2.53. The van der Waals surface area contributed by atoms with Crippen LogP contribution in [0.1, 0.15) is 12.0 Å². The van der Waals surface area contributed by atoms with Gasteiger partial charge >= 0.3 is 0 Å². The topological polar surface area (TPSA) is 27.7 Å². The average Bonchev–Trinajstić information content (AvgIpc) is 2.01. The highest BCUT2D eigenvalue weighted by Gasteiger charge is 1.97. The zero-order valence-corrected chi connectivity index (χ0v) is 6.62. The molecule has 56 valence electrons. The molecular weight excluding hydrogens is 136 g/mol. The maximum Gasteiger partial charge on any atom is 0.171 e. The van der Waals surface area contributed by atoms with Gasteiger partial charge in [-0.05, 0) is 13.0 Å². The molecule has 0 spiro atoms. The molecule has 1 rings (SSSR count). The number of hydrogen-bond acceptors (Lipinski definition) is 1. The monoisotopic (exact) mass is 147 g/mol. The van der Waals surface area contributed by atoms with Crippen LogP contribution in [0.2, 0.25) is 0 Å². The van der Waals surface area contributed by atoms with Gasteiger partial charge in [0.15, 0.2) is 18.9 Å². The van der Waals surface area contributed by atoms with Crippen molar-refractivity contribution in [3.8, 4) is 6.07 Å². The third-order valence-corrected chi connectivity index (χ3v) is 1.49. The normalized spacial score (nSPS) is 9.09. The van der Waals surface area contributed by atoms with E-state index in [9.17, 15) is 0 Å². The Labute approximate surface area is 66.7 Å². The molecule has 2 nitrogen and oxygen atoms in total. The highest BCUT2D eigenvalue weighted by molar-refractivity contribution is 5.01. The van der Waals surface area contributed by atoms with Gasteiger partial charge in [-0.15, -0.1) is 0 Å². The number of nitrogens with zero attached hydrogens (tertiary/aromatic N) is 2. The Balaban J connectivity index is 2.65. The molecule has 0 atom stereocenters. The van der Waals surface area contributed by atoms with Crippen LogP contribution in [0, 0.1) is 18.3 Å². The first-order chi connectivity index (χ1) is 5.33. The van der Waals surface area contributed by atoms with Crippen LogP contribution in [0.5, 0.6) is 0 Å². The summed E-state index contributed by atoms with van der Waals surface area (Å²) in [6.45, 7) is 2.83. The summed E-state index contributed by atoms with van der Waals surface area (Å²) in [7, 11) is 0. The molecular formula is C9H11N2+. The molecule has 0 aromatic carbocycles. The van der Waals surface area contributed by atoms with Gasteiger partial charge in [0, 0.05) is 11.6 Å². The fourth-order valence-electron chi connectivity index (χ4n) is 0.971. The standard InChI is InChI=1S/C9H11N2/c1-9-4-2-6-11(8-9)7-3-5-10/h2,4,6,8H,3,7H2,1H3/q+1. The summed E-state index contributed by atoms with van der Waals surface area (Å²) < 4.78 is 2.03. The minimum absolute atomic E-state index is 0.578. The van der Waals surface area contributed by atoms with Crippen molar-refractivity contribution in [1.82, 2.24) is 0 Å². The van der Waals surface area contributed by atoms with E-state index in [4.69, 9.17) is 5.26 Å². The van der Waals surface area contributed by atoms with Crippen LogP contribution in [0.25, 0.3) is 0 Å². The number of rotatable bonds is 2. The minimum Gasteiger partial charge on any atom is -0.204 e. The van der Waals surface area contributed by atoms with Crippen LogP contribution >= 0.6 is 0 Å². The molecule has 0 unspecified atom stereocenters. The van der Waals surface area contributed by atoms with Crippen molar-refractivity contribution in [2.24, 2.45) is 0 Å². The summed E-state index contributed by atoms with van der Waals surface area (Å²) in [6, 6.07) is 6.15. The van der Waals surface area contributed by atoms with Crippen LogP contribution in [0.3, 0.4) is 0 Å². The van der Waals surface area contributed by atoms with E-state index in [1.807, 2.05) is 36.0 Å². The van der Waals surface area contributed by atoms with E-state index >= 15 is 0 Å². The maximum atomic E-state index is 8.33. The summed E-state index contributed by atoms with van der Waals surface area (Å²) >= 11 is 0. The SMILES string of the molecule is Cc1ccc[n+](CCC#N)c1. The molecule has 0 bridgehead atoms. The summed E-state index contributed by atoms with van der Waals surface area (Å²) in [4.78, 5) is 0. The molecule has 0 aliphatic carbocycles. The van der Waals surface area contributed by atoms with Gasteiger partial charge in [-0.1, -0.05) is 0 Å². The summed E-state index contributed by atoms with van der Waals surface area (Å²) in [5.41, 5.74) is 1.23. The van der Waals surface area contributed by atoms with E-state index in [1.165, 1.54) is 5.56 Å². The van der Waals surface area contributed by atoms with Crippen LogP contribution in [0.4, 0.5) is 0 Å². The lowest BCUT2D eigenvalue weighted by Crippen LogP contribution is -2.32. The second kappa shape index (κ2) is 3.72. The van der Waals surface area contributed by atoms with Gasteiger partial charge in [0.2, 0.25) is 0 Å². The first kappa shape index (κ1) is 7.74. The van der Waals surface area contributed by atoms with Crippen molar-refractivity contribution in [3.05, 3.63) is 30.1 Å². The molecule has 1 aromatic heterocycles. The van der Waals surface area contributed by atoms with Crippen molar-refractivity contribution < 1.29 is 4.57 Å². The number of aryl methyl sites for hydroxylation is 2. The van der Waals surface area contributed by atoms with Crippen LogP contribution < -0.4 is 4.57 Å². The molecule has 0 aliphatic rings. The molecule has 11 heavy (non-hydrogen) atoms. The highest BCUT2D eigenvalue weighted by Crippen LogP contribution is 1.89. The molecule has 0 saturated heterocycles. The number of nitriles is 1. The van der Waals surface area contributed by atoms with Gasteiger partial charge in [0.25, 0.3) is 0 Å². The molecule has 1 heterocycles. The molecule has 0 aliphatic heterocycles. The predicted octanol–water partition coefficient (Wildman–Crippen LogP) is 1.20. The number of aromatic nitrogens is 1. The van der Waals surface area contributed by atoms with E-state index in [0.29, 0.717) is 6.42 Å². The lowest BCUT2D eigenvalue weighted by molar-refractivity contribution is -0.696. The number of pyridine rings is 1. The Hall–Kier alpha value is -1.36. The van der Waals surface area contributed by atoms with Crippen molar-refractivity contribution in [2.75, 3.05) is 0 Å². The second-order valence-corrected chi connectivity index (χ2v) is 2.53. The van der Waals surface area contributed by atoms with Crippen LogP contribution in [-0.2, 0) is 6.54 Å². The van der Waals surface area contributed by atoms with Gasteiger partial charge in [-0.2, -0.15) is 5.26 Å². The Morgan fingerprint density at radius 1 is 1.64 bits per heavy atom. The summed E-state index contributed by atoms with van der Waals surface area (Å²) in [5.74, 6) is 0. The van der Waals surface area contributed by atoms with E-state index < -0.39 is 0 Å². The molecule has 0 N–H and O–H groups in total.